The summed E-state index contributed by atoms with van der Waals surface area (Å²) in [6, 6.07) is 9.25. The van der Waals surface area contributed by atoms with Gasteiger partial charge in [-0.15, -0.1) is 0 Å². The van der Waals surface area contributed by atoms with Gasteiger partial charge in [-0.2, -0.15) is 0 Å². The van der Waals surface area contributed by atoms with Crippen LogP contribution in [-0.4, -0.2) is 24.4 Å². The van der Waals surface area contributed by atoms with E-state index in [1.165, 1.54) is 0 Å². The van der Waals surface area contributed by atoms with Crippen LogP contribution in [0.15, 0.2) is 34.8 Å². The zero-order valence-electron chi connectivity index (χ0n) is 15.4. The highest BCUT2D eigenvalue weighted by molar-refractivity contribution is 9.10. The molecule has 0 heterocycles. The summed E-state index contributed by atoms with van der Waals surface area (Å²) >= 11 is 16.0. The molecule has 7 heteroatoms. The lowest BCUT2D eigenvalue weighted by Crippen LogP contribution is -2.31. The lowest BCUT2D eigenvalue weighted by Gasteiger charge is -2.18. The van der Waals surface area contributed by atoms with Crippen LogP contribution in [0.25, 0.3) is 0 Å². The fourth-order valence-corrected chi connectivity index (χ4v) is 3.48. The molecule has 1 unspecified atom stereocenters. The van der Waals surface area contributed by atoms with Gasteiger partial charge in [0.05, 0.1) is 13.2 Å². The molecule has 2 aromatic rings. The van der Waals surface area contributed by atoms with Crippen LogP contribution in [0, 0.1) is 0 Å². The van der Waals surface area contributed by atoms with E-state index in [2.05, 4.69) is 21.2 Å². The Morgan fingerprint density at radius 3 is 2.37 bits per heavy atom. The number of benzene rings is 2. The van der Waals surface area contributed by atoms with Crippen molar-refractivity contribution in [3.05, 3.63) is 56.0 Å². The van der Waals surface area contributed by atoms with Gasteiger partial charge in [0.2, 0.25) is 0 Å². The topological polar surface area (TPSA) is 50.7 Å². The van der Waals surface area contributed by atoms with Crippen LogP contribution < -0.4 is 14.8 Å². The third-order valence-corrected chi connectivity index (χ3v) is 5.59. The van der Waals surface area contributed by atoms with Crippen LogP contribution in [0.5, 0.6) is 11.5 Å². The monoisotopic (exact) mass is 475 g/mol. The van der Waals surface area contributed by atoms with Crippen LogP contribution in [0.2, 0.25) is 10.0 Å². The molecule has 148 valence electrons. The smallest absolute Gasteiger partial charge is 0.162 e. The van der Waals surface area contributed by atoms with Crippen LogP contribution >= 0.6 is 39.1 Å². The Morgan fingerprint density at radius 1 is 1.11 bits per heavy atom. The first kappa shape index (κ1) is 22.3. The summed E-state index contributed by atoms with van der Waals surface area (Å²) < 4.78 is 12.6. The molecule has 0 saturated heterocycles. The molecule has 2 aromatic carbocycles. The van der Waals surface area contributed by atoms with Crippen molar-refractivity contribution in [3.8, 4) is 11.5 Å². The molecule has 0 spiro atoms. The Balaban J connectivity index is 2.19. The third kappa shape index (κ3) is 6.26. The summed E-state index contributed by atoms with van der Waals surface area (Å²) in [5.41, 5.74) is 1.76. The molecule has 0 amide bonds. The predicted octanol–water partition coefficient (Wildman–Crippen LogP) is 5.59. The molecule has 0 aliphatic heterocycles. The van der Waals surface area contributed by atoms with Crippen molar-refractivity contribution in [2.24, 2.45) is 0 Å². The fraction of sp³-hybridized carbons (Fsp3) is 0.400. The van der Waals surface area contributed by atoms with Gasteiger partial charge in [0, 0.05) is 32.7 Å². The lowest BCUT2D eigenvalue weighted by atomic mass is 10.1. The number of ether oxygens (including phenoxy) is 2. The molecule has 2 N–H and O–H groups in total. The molecule has 2 rings (SSSR count). The van der Waals surface area contributed by atoms with Gasteiger partial charge in [-0.25, -0.2) is 0 Å². The van der Waals surface area contributed by atoms with Gasteiger partial charge in [-0.1, -0.05) is 52.1 Å². The van der Waals surface area contributed by atoms with Crippen molar-refractivity contribution in [3.63, 3.8) is 0 Å². The number of rotatable bonds is 10. The highest BCUT2D eigenvalue weighted by atomic mass is 79.9. The van der Waals surface area contributed by atoms with E-state index in [0.29, 0.717) is 34.7 Å². The zero-order valence-corrected chi connectivity index (χ0v) is 18.5. The second-order valence-electron chi connectivity index (χ2n) is 5.98. The molecule has 0 bridgehead atoms. The van der Waals surface area contributed by atoms with Crippen molar-refractivity contribution in [1.29, 1.82) is 0 Å². The van der Waals surface area contributed by atoms with Gasteiger partial charge in [-0.3, -0.25) is 0 Å². The minimum Gasteiger partial charge on any atom is -0.490 e. The third-order valence-electron chi connectivity index (χ3n) is 4.14. The van der Waals surface area contributed by atoms with E-state index < -0.39 is 0 Å². The maximum atomic E-state index is 9.34. The highest BCUT2D eigenvalue weighted by Crippen LogP contribution is 2.35. The molecule has 0 radical (unpaired) electrons. The van der Waals surface area contributed by atoms with Gasteiger partial charge in [0.15, 0.2) is 11.5 Å². The minimum atomic E-state index is 0.0609. The van der Waals surface area contributed by atoms with Gasteiger partial charge in [0.25, 0.3) is 0 Å². The van der Waals surface area contributed by atoms with Gasteiger partial charge < -0.3 is 19.9 Å². The number of nitrogens with one attached hydrogen (secondary N) is 1. The Bertz CT molecular complexity index is 734. The highest BCUT2D eigenvalue weighted by Gasteiger charge is 2.14. The molecule has 27 heavy (non-hydrogen) atoms. The number of hydrogen-bond donors (Lipinski definition) is 2. The molecule has 0 fully saturated rings. The van der Waals surface area contributed by atoms with Crippen LogP contribution in [-0.2, 0) is 13.2 Å². The van der Waals surface area contributed by atoms with Crippen molar-refractivity contribution in [2.75, 3.05) is 13.2 Å². The molecule has 0 aliphatic rings. The van der Waals surface area contributed by atoms with E-state index >= 15 is 0 Å². The van der Waals surface area contributed by atoms with Crippen LogP contribution in [0.1, 0.15) is 31.4 Å². The first-order chi connectivity index (χ1) is 13.0. The largest absolute Gasteiger partial charge is 0.490 e. The molecule has 4 nitrogen and oxygen atoms in total. The fourth-order valence-electron chi connectivity index (χ4n) is 2.51. The first-order valence-electron chi connectivity index (χ1n) is 8.85. The van der Waals surface area contributed by atoms with Gasteiger partial charge in [-0.05, 0) is 43.2 Å². The molecular formula is C20H24BrCl2NO3. The Kier molecular flexibility index (Phi) is 9.19. The molecule has 1 atom stereocenters. The van der Waals surface area contributed by atoms with Crippen molar-refractivity contribution in [2.45, 2.75) is 39.5 Å². The Labute approximate surface area is 178 Å². The minimum absolute atomic E-state index is 0.0609. The van der Waals surface area contributed by atoms with E-state index in [9.17, 15) is 5.11 Å². The number of hydrogen-bond acceptors (Lipinski definition) is 4. The Hall–Kier alpha value is -0.980. The van der Waals surface area contributed by atoms with Gasteiger partial charge in [0.1, 0.15) is 6.61 Å². The number of halogens is 3. The lowest BCUT2D eigenvalue weighted by molar-refractivity contribution is 0.238. The van der Waals surface area contributed by atoms with Crippen molar-refractivity contribution >= 4 is 39.1 Å². The van der Waals surface area contributed by atoms with E-state index in [0.717, 1.165) is 22.0 Å². The van der Waals surface area contributed by atoms with Crippen molar-refractivity contribution < 1.29 is 14.6 Å². The summed E-state index contributed by atoms with van der Waals surface area (Å²) in [6.45, 7) is 5.43. The second-order valence-corrected chi connectivity index (χ2v) is 7.65. The second kappa shape index (κ2) is 11.1. The SMILES string of the molecule is CCOc1cc(CNC(CC)CO)c(Br)cc1OCc1c(Cl)cccc1Cl. The quantitative estimate of drug-likeness (QED) is 0.469. The average molecular weight is 477 g/mol. The molecule has 0 aliphatic carbocycles. The van der Waals surface area contributed by atoms with E-state index in [-0.39, 0.29) is 19.3 Å². The number of aliphatic hydroxyl groups excluding tert-OH is 1. The summed E-state index contributed by atoms with van der Waals surface area (Å²) in [6.07, 6.45) is 0.853. The van der Waals surface area contributed by atoms with Crippen LogP contribution in [0.4, 0.5) is 0 Å². The Morgan fingerprint density at radius 2 is 1.78 bits per heavy atom. The van der Waals surface area contributed by atoms with Gasteiger partial charge >= 0.3 is 0 Å². The predicted molar refractivity (Wildman–Crippen MR) is 114 cm³/mol. The maximum absolute atomic E-state index is 9.34. The van der Waals surface area contributed by atoms with E-state index in [4.69, 9.17) is 32.7 Å². The summed E-state index contributed by atoms with van der Waals surface area (Å²) in [4.78, 5) is 0. The molecule has 0 saturated carbocycles. The van der Waals surface area contributed by atoms with Crippen LogP contribution in [0.3, 0.4) is 0 Å². The average Bonchev–Trinajstić information content (AvgIpc) is 2.65. The summed E-state index contributed by atoms with van der Waals surface area (Å²) in [5.74, 6) is 1.26. The first-order valence-corrected chi connectivity index (χ1v) is 10.4. The maximum Gasteiger partial charge on any atom is 0.162 e. The normalized spacial score (nSPS) is 12.1. The van der Waals surface area contributed by atoms with E-state index in [1.807, 2.05) is 26.0 Å². The standard InChI is InChI=1S/C20H24BrCl2NO3/c1-3-14(11-25)24-10-13-8-19(26-4-2)20(9-16(13)21)27-12-15-17(22)6-5-7-18(15)23/h5-9,14,24-25H,3-4,10-12H2,1-2H3. The summed E-state index contributed by atoms with van der Waals surface area (Å²) in [7, 11) is 0. The number of aliphatic hydroxyl groups is 1. The van der Waals surface area contributed by atoms with E-state index in [1.54, 1.807) is 18.2 Å². The molecule has 0 aromatic heterocycles. The summed E-state index contributed by atoms with van der Waals surface area (Å²) in [5, 5.41) is 13.8. The zero-order chi connectivity index (χ0) is 19.8. The van der Waals surface area contributed by atoms with Crippen molar-refractivity contribution in [1.82, 2.24) is 5.32 Å². The molecular weight excluding hydrogens is 453 g/mol.